The Kier molecular flexibility index (Phi) is 2.27. The van der Waals surface area contributed by atoms with Gasteiger partial charge >= 0.3 is 0 Å². The van der Waals surface area contributed by atoms with E-state index in [9.17, 15) is 5.11 Å². The number of rotatable bonds is 4. The number of hydrogen-bond donors (Lipinski definition) is 3. The second-order valence-electron chi connectivity index (χ2n) is 3.96. The molecule has 1 fully saturated rings. The average molecular weight is 180 g/mol. The van der Waals surface area contributed by atoms with Crippen molar-refractivity contribution in [1.29, 1.82) is 0 Å². The minimum atomic E-state index is 0.164. The Morgan fingerprint density at radius 1 is 1.54 bits per heavy atom. The van der Waals surface area contributed by atoms with Crippen LogP contribution in [-0.4, -0.2) is 23.2 Å². The molecule has 1 aromatic rings. The van der Waals surface area contributed by atoms with Gasteiger partial charge in [-0.15, -0.1) is 0 Å². The maximum atomic E-state index is 9.22. The lowest BCUT2D eigenvalue weighted by molar-refractivity contribution is 0.0576. The summed E-state index contributed by atoms with van der Waals surface area (Å²) < 4.78 is 0. The van der Waals surface area contributed by atoms with Crippen LogP contribution in [-0.2, 0) is 0 Å². The quantitative estimate of drug-likeness (QED) is 0.659. The summed E-state index contributed by atoms with van der Waals surface area (Å²) in [5.74, 6) is 0. The molecule has 0 saturated heterocycles. The van der Waals surface area contributed by atoms with Gasteiger partial charge < -0.3 is 15.4 Å². The molecule has 0 unspecified atom stereocenters. The van der Waals surface area contributed by atoms with Crippen LogP contribution in [0.2, 0.25) is 0 Å². The third-order valence-electron chi connectivity index (χ3n) is 3.02. The molecule has 2 rings (SSSR count). The lowest BCUT2D eigenvalue weighted by Crippen LogP contribution is -2.39. The topological polar surface area (TPSA) is 48.0 Å². The van der Waals surface area contributed by atoms with Gasteiger partial charge in [0, 0.05) is 24.4 Å². The molecule has 3 heteroatoms. The average Bonchev–Trinajstić information content (AvgIpc) is 2.56. The Hall–Kier alpha value is -0.960. The van der Waals surface area contributed by atoms with Crippen LogP contribution in [0.5, 0.6) is 0 Å². The fraction of sp³-hybridized carbons (Fsp3) is 0.600. The smallest absolute Gasteiger partial charge is 0.0517 e. The highest BCUT2D eigenvalue weighted by Gasteiger charge is 2.35. The summed E-state index contributed by atoms with van der Waals surface area (Å²) in [5, 5.41) is 12.5. The van der Waals surface area contributed by atoms with Gasteiger partial charge in [-0.2, -0.15) is 0 Å². The van der Waals surface area contributed by atoms with Gasteiger partial charge in [-0.25, -0.2) is 0 Å². The fourth-order valence-electron chi connectivity index (χ4n) is 1.79. The molecule has 1 saturated carbocycles. The number of H-pyrrole nitrogens is 1. The van der Waals surface area contributed by atoms with Gasteiger partial charge in [0.1, 0.15) is 0 Å². The molecule has 1 aliphatic carbocycles. The Morgan fingerprint density at radius 3 is 2.85 bits per heavy atom. The summed E-state index contributed by atoms with van der Waals surface area (Å²) in [4.78, 5) is 3.00. The minimum Gasteiger partial charge on any atom is -0.396 e. The van der Waals surface area contributed by atoms with E-state index >= 15 is 0 Å². The highest BCUT2D eigenvalue weighted by molar-refractivity contribution is 5.40. The maximum Gasteiger partial charge on any atom is 0.0517 e. The summed E-state index contributed by atoms with van der Waals surface area (Å²) >= 11 is 0. The van der Waals surface area contributed by atoms with Crippen LogP contribution in [0.4, 0.5) is 5.69 Å². The molecule has 0 radical (unpaired) electrons. The molecule has 3 nitrogen and oxygen atoms in total. The number of aromatic nitrogens is 1. The molecule has 0 spiro atoms. The van der Waals surface area contributed by atoms with Crippen LogP contribution in [0.3, 0.4) is 0 Å². The number of aliphatic hydroxyl groups is 1. The second-order valence-corrected chi connectivity index (χ2v) is 3.96. The molecule has 0 atom stereocenters. The van der Waals surface area contributed by atoms with Gasteiger partial charge in [-0.3, -0.25) is 0 Å². The summed E-state index contributed by atoms with van der Waals surface area (Å²) in [5.41, 5.74) is 1.27. The van der Waals surface area contributed by atoms with E-state index in [1.807, 2.05) is 18.5 Å². The van der Waals surface area contributed by atoms with Crippen molar-refractivity contribution >= 4 is 5.69 Å². The lowest BCUT2D eigenvalue weighted by atomic mass is 9.69. The molecular weight excluding hydrogens is 164 g/mol. The molecule has 0 amide bonds. The number of anilines is 1. The van der Waals surface area contributed by atoms with Crippen molar-refractivity contribution in [2.45, 2.75) is 19.3 Å². The van der Waals surface area contributed by atoms with E-state index in [4.69, 9.17) is 0 Å². The van der Waals surface area contributed by atoms with E-state index in [1.165, 1.54) is 6.42 Å². The standard InChI is InChI=1S/C10H16N2O/c13-8-10(3-1-4-10)7-12-9-2-5-11-6-9/h2,5-6,11-13H,1,3-4,7-8H2. The monoisotopic (exact) mass is 180 g/mol. The van der Waals surface area contributed by atoms with Gasteiger partial charge in [-0.05, 0) is 18.9 Å². The van der Waals surface area contributed by atoms with E-state index < -0.39 is 0 Å². The van der Waals surface area contributed by atoms with Gasteiger partial charge in [0.15, 0.2) is 0 Å². The summed E-state index contributed by atoms with van der Waals surface area (Å²) in [7, 11) is 0. The molecule has 13 heavy (non-hydrogen) atoms. The molecule has 72 valence electrons. The Morgan fingerprint density at radius 2 is 2.38 bits per heavy atom. The first-order valence-corrected chi connectivity index (χ1v) is 4.82. The normalized spacial score (nSPS) is 19.5. The van der Waals surface area contributed by atoms with Crippen molar-refractivity contribution < 1.29 is 5.11 Å². The largest absolute Gasteiger partial charge is 0.396 e. The first-order chi connectivity index (χ1) is 6.35. The number of aromatic amines is 1. The van der Waals surface area contributed by atoms with Crippen LogP contribution in [0.1, 0.15) is 19.3 Å². The van der Waals surface area contributed by atoms with Crippen molar-refractivity contribution in [2.75, 3.05) is 18.5 Å². The zero-order valence-corrected chi connectivity index (χ0v) is 7.71. The molecular formula is C10H16N2O. The summed E-state index contributed by atoms with van der Waals surface area (Å²) in [6.07, 6.45) is 7.40. The zero-order valence-electron chi connectivity index (χ0n) is 7.71. The molecule has 0 aromatic carbocycles. The van der Waals surface area contributed by atoms with E-state index in [2.05, 4.69) is 10.3 Å². The van der Waals surface area contributed by atoms with Crippen molar-refractivity contribution in [1.82, 2.24) is 4.98 Å². The molecule has 0 bridgehead atoms. The summed E-state index contributed by atoms with van der Waals surface area (Å²) in [6.45, 7) is 1.20. The summed E-state index contributed by atoms with van der Waals surface area (Å²) in [6, 6.07) is 2.00. The number of aliphatic hydroxyl groups excluding tert-OH is 1. The first-order valence-electron chi connectivity index (χ1n) is 4.82. The van der Waals surface area contributed by atoms with E-state index in [0.717, 1.165) is 25.1 Å². The maximum absolute atomic E-state index is 9.22. The van der Waals surface area contributed by atoms with Crippen molar-refractivity contribution in [3.05, 3.63) is 18.5 Å². The van der Waals surface area contributed by atoms with E-state index in [-0.39, 0.29) is 5.41 Å². The van der Waals surface area contributed by atoms with Crippen molar-refractivity contribution in [3.8, 4) is 0 Å². The highest BCUT2D eigenvalue weighted by atomic mass is 16.3. The Balaban J connectivity index is 1.84. The minimum absolute atomic E-state index is 0.164. The third-order valence-corrected chi connectivity index (χ3v) is 3.02. The van der Waals surface area contributed by atoms with Crippen LogP contribution in [0, 0.1) is 5.41 Å². The van der Waals surface area contributed by atoms with Crippen molar-refractivity contribution in [2.24, 2.45) is 5.41 Å². The molecule has 1 heterocycles. The first kappa shape index (κ1) is 8.63. The Bertz CT molecular complexity index is 246. The van der Waals surface area contributed by atoms with E-state index in [1.54, 1.807) is 0 Å². The van der Waals surface area contributed by atoms with E-state index in [0.29, 0.717) is 6.61 Å². The predicted octanol–water partition coefficient (Wildman–Crippen LogP) is 1.59. The highest BCUT2D eigenvalue weighted by Crippen LogP contribution is 2.40. The van der Waals surface area contributed by atoms with Crippen LogP contribution < -0.4 is 5.32 Å². The zero-order chi connectivity index (χ0) is 9.15. The van der Waals surface area contributed by atoms with Crippen molar-refractivity contribution in [3.63, 3.8) is 0 Å². The molecule has 3 N–H and O–H groups in total. The lowest BCUT2D eigenvalue weighted by Gasteiger charge is -2.40. The molecule has 1 aliphatic rings. The SMILES string of the molecule is OCC1(CNc2cc[nH]c2)CCC1. The number of nitrogens with one attached hydrogen (secondary N) is 2. The second kappa shape index (κ2) is 3.42. The van der Waals surface area contributed by atoms with Crippen LogP contribution in [0.15, 0.2) is 18.5 Å². The fourth-order valence-corrected chi connectivity index (χ4v) is 1.79. The molecule has 1 aromatic heterocycles. The Labute approximate surface area is 78.2 Å². The van der Waals surface area contributed by atoms with Gasteiger partial charge in [0.25, 0.3) is 0 Å². The van der Waals surface area contributed by atoms with Crippen LogP contribution >= 0.6 is 0 Å². The van der Waals surface area contributed by atoms with Gasteiger partial charge in [0.2, 0.25) is 0 Å². The number of hydrogen-bond acceptors (Lipinski definition) is 2. The predicted molar refractivity (Wildman–Crippen MR) is 52.7 cm³/mol. The van der Waals surface area contributed by atoms with Crippen LogP contribution in [0.25, 0.3) is 0 Å². The third kappa shape index (κ3) is 1.70. The van der Waals surface area contributed by atoms with Gasteiger partial charge in [-0.1, -0.05) is 6.42 Å². The molecule has 0 aliphatic heterocycles. The van der Waals surface area contributed by atoms with Gasteiger partial charge in [0.05, 0.1) is 12.3 Å².